The van der Waals surface area contributed by atoms with Gasteiger partial charge in [-0.2, -0.15) is 0 Å². The summed E-state index contributed by atoms with van der Waals surface area (Å²) in [6, 6.07) is 14.7. The fourth-order valence-electron chi connectivity index (χ4n) is 3.23. The molecule has 7 heteroatoms. The molecule has 2 heterocycles. The van der Waals surface area contributed by atoms with Gasteiger partial charge in [-0.15, -0.1) is 0 Å². The van der Waals surface area contributed by atoms with Crippen molar-refractivity contribution in [2.75, 3.05) is 20.2 Å². The molecule has 2 aromatic carbocycles. The summed E-state index contributed by atoms with van der Waals surface area (Å²) in [6.07, 6.45) is 1.47. The topological polar surface area (TPSA) is 73.7 Å². The number of para-hydroxylation sites is 3. The molecule has 0 saturated carbocycles. The fraction of sp³-hybridized carbons (Fsp3) is 0.286. The van der Waals surface area contributed by atoms with Gasteiger partial charge in [0, 0.05) is 20.0 Å². The van der Waals surface area contributed by atoms with E-state index >= 15 is 0 Å². The number of amides is 1. The maximum absolute atomic E-state index is 12.5. The first-order chi connectivity index (χ1) is 13.6. The second-order valence-corrected chi connectivity index (χ2v) is 6.78. The van der Waals surface area contributed by atoms with Gasteiger partial charge in [0.1, 0.15) is 6.61 Å². The molecule has 7 nitrogen and oxygen atoms in total. The number of aromatic nitrogens is 2. The molecule has 1 aliphatic heterocycles. The van der Waals surface area contributed by atoms with Crippen molar-refractivity contribution >= 4 is 16.8 Å². The molecule has 4 rings (SSSR count). The minimum atomic E-state index is -0.228. The van der Waals surface area contributed by atoms with Gasteiger partial charge in [0.15, 0.2) is 17.6 Å². The largest absolute Gasteiger partial charge is 0.486 e. The van der Waals surface area contributed by atoms with Crippen molar-refractivity contribution in [2.45, 2.75) is 19.1 Å². The molecule has 0 N–H and O–H groups in total. The number of hydrogen-bond donors (Lipinski definition) is 0. The Hall–Kier alpha value is -3.35. The second-order valence-electron chi connectivity index (χ2n) is 6.78. The van der Waals surface area contributed by atoms with Crippen molar-refractivity contribution in [3.05, 3.63) is 65.2 Å². The zero-order chi connectivity index (χ0) is 19.5. The van der Waals surface area contributed by atoms with Crippen molar-refractivity contribution in [3.8, 4) is 11.5 Å². The van der Waals surface area contributed by atoms with Crippen LogP contribution in [0.4, 0.5) is 0 Å². The number of aryl methyl sites for hydroxylation is 1. The zero-order valence-electron chi connectivity index (χ0n) is 15.6. The summed E-state index contributed by atoms with van der Waals surface area (Å²) in [5.74, 6) is 1.34. The van der Waals surface area contributed by atoms with Crippen LogP contribution in [0.2, 0.25) is 0 Å². The van der Waals surface area contributed by atoms with Crippen LogP contribution in [0.5, 0.6) is 11.5 Å². The molecule has 0 spiro atoms. The van der Waals surface area contributed by atoms with E-state index in [1.165, 1.54) is 10.9 Å². The van der Waals surface area contributed by atoms with Crippen LogP contribution in [-0.4, -0.2) is 46.7 Å². The first-order valence-corrected chi connectivity index (χ1v) is 9.18. The van der Waals surface area contributed by atoms with E-state index in [0.29, 0.717) is 29.8 Å². The second kappa shape index (κ2) is 7.72. The van der Waals surface area contributed by atoms with E-state index in [1.54, 1.807) is 30.1 Å². The van der Waals surface area contributed by atoms with Crippen LogP contribution in [0.1, 0.15) is 6.42 Å². The van der Waals surface area contributed by atoms with Gasteiger partial charge < -0.3 is 14.4 Å². The van der Waals surface area contributed by atoms with Gasteiger partial charge in [0.2, 0.25) is 5.91 Å². The predicted octanol–water partition coefficient (Wildman–Crippen LogP) is 2.08. The molecule has 0 aliphatic carbocycles. The number of likely N-dealkylation sites (N-methyl/N-ethyl adjacent to an activating group) is 1. The van der Waals surface area contributed by atoms with Crippen LogP contribution >= 0.6 is 0 Å². The number of rotatable bonds is 5. The van der Waals surface area contributed by atoms with E-state index in [-0.39, 0.29) is 30.5 Å². The van der Waals surface area contributed by atoms with Crippen LogP contribution in [0, 0.1) is 0 Å². The molecule has 1 aliphatic rings. The quantitative estimate of drug-likeness (QED) is 0.679. The maximum atomic E-state index is 12.5. The van der Waals surface area contributed by atoms with Crippen LogP contribution in [0.25, 0.3) is 10.9 Å². The lowest BCUT2D eigenvalue weighted by Gasteiger charge is -2.29. The van der Waals surface area contributed by atoms with Crippen molar-refractivity contribution < 1.29 is 14.3 Å². The van der Waals surface area contributed by atoms with Crippen molar-refractivity contribution in [3.63, 3.8) is 0 Å². The molecule has 3 aromatic rings. The van der Waals surface area contributed by atoms with Crippen LogP contribution < -0.4 is 15.0 Å². The number of hydrogen-bond acceptors (Lipinski definition) is 5. The number of ether oxygens (including phenoxy) is 2. The van der Waals surface area contributed by atoms with Crippen LogP contribution in [0.3, 0.4) is 0 Å². The molecule has 0 fully saturated rings. The molecule has 1 atom stereocenters. The molecule has 1 amide bonds. The highest BCUT2D eigenvalue weighted by atomic mass is 16.6. The molecule has 0 saturated heterocycles. The average molecular weight is 379 g/mol. The number of nitrogens with zero attached hydrogens (tertiary/aromatic N) is 3. The van der Waals surface area contributed by atoms with E-state index in [4.69, 9.17) is 9.47 Å². The molecular weight excluding hydrogens is 358 g/mol. The minimum absolute atomic E-state index is 0.0671. The summed E-state index contributed by atoms with van der Waals surface area (Å²) in [6.45, 7) is 1.09. The Bertz CT molecular complexity index is 1060. The highest BCUT2D eigenvalue weighted by Gasteiger charge is 2.23. The molecule has 0 bridgehead atoms. The zero-order valence-corrected chi connectivity index (χ0v) is 15.6. The van der Waals surface area contributed by atoms with Crippen LogP contribution in [0.15, 0.2) is 59.7 Å². The standard InChI is InChI=1S/C21H21N3O4/c1-23(12-15-13-27-18-8-4-5-9-19(18)28-15)20(25)10-11-24-14-22-17-7-3-2-6-16(17)21(24)26/h2-9,14-15H,10-13H2,1H3/t15-/m1/s1. The Morgan fingerprint density at radius 3 is 2.79 bits per heavy atom. The third kappa shape index (κ3) is 3.69. The summed E-state index contributed by atoms with van der Waals surface area (Å²) < 4.78 is 13.1. The summed E-state index contributed by atoms with van der Waals surface area (Å²) in [5, 5.41) is 0.553. The van der Waals surface area contributed by atoms with E-state index < -0.39 is 0 Å². The Morgan fingerprint density at radius 1 is 1.18 bits per heavy atom. The first-order valence-electron chi connectivity index (χ1n) is 9.18. The fourth-order valence-corrected chi connectivity index (χ4v) is 3.23. The Labute approximate surface area is 162 Å². The van der Waals surface area contributed by atoms with Gasteiger partial charge in [-0.25, -0.2) is 4.98 Å². The average Bonchev–Trinajstić information content (AvgIpc) is 2.73. The molecule has 1 aromatic heterocycles. The SMILES string of the molecule is CN(C[C@@H]1COc2ccccc2O1)C(=O)CCn1cnc2ccccc2c1=O. The number of carbonyl (C=O) groups excluding carboxylic acids is 1. The summed E-state index contributed by atoms with van der Waals surface area (Å²) in [5.41, 5.74) is 0.517. The minimum Gasteiger partial charge on any atom is -0.486 e. The lowest BCUT2D eigenvalue weighted by atomic mass is 10.2. The van der Waals surface area contributed by atoms with E-state index in [2.05, 4.69) is 4.98 Å². The summed E-state index contributed by atoms with van der Waals surface area (Å²) >= 11 is 0. The summed E-state index contributed by atoms with van der Waals surface area (Å²) in [4.78, 5) is 30.9. The van der Waals surface area contributed by atoms with Crippen molar-refractivity contribution in [1.29, 1.82) is 0 Å². The first kappa shape index (κ1) is 18.0. The van der Waals surface area contributed by atoms with E-state index in [9.17, 15) is 9.59 Å². The molecule has 144 valence electrons. The van der Waals surface area contributed by atoms with Gasteiger partial charge in [-0.1, -0.05) is 24.3 Å². The predicted molar refractivity (Wildman–Crippen MR) is 105 cm³/mol. The highest BCUT2D eigenvalue weighted by molar-refractivity contribution is 5.77. The third-order valence-corrected chi connectivity index (χ3v) is 4.77. The van der Waals surface area contributed by atoms with Gasteiger partial charge in [-0.05, 0) is 24.3 Å². The molecule has 0 unspecified atom stereocenters. The highest BCUT2D eigenvalue weighted by Crippen LogP contribution is 2.30. The Morgan fingerprint density at radius 2 is 1.93 bits per heavy atom. The molecular formula is C21H21N3O4. The smallest absolute Gasteiger partial charge is 0.261 e. The van der Waals surface area contributed by atoms with Gasteiger partial charge >= 0.3 is 0 Å². The van der Waals surface area contributed by atoms with Crippen molar-refractivity contribution in [1.82, 2.24) is 14.5 Å². The van der Waals surface area contributed by atoms with Gasteiger partial charge in [0.05, 0.1) is 23.8 Å². The normalized spacial score (nSPS) is 15.4. The Kier molecular flexibility index (Phi) is 4.97. The van der Waals surface area contributed by atoms with Gasteiger partial charge in [-0.3, -0.25) is 14.2 Å². The maximum Gasteiger partial charge on any atom is 0.261 e. The number of benzene rings is 2. The molecule has 28 heavy (non-hydrogen) atoms. The van der Waals surface area contributed by atoms with Gasteiger partial charge in [0.25, 0.3) is 5.56 Å². The van der Waals surface area contributed by atoms with E-state index in [1.807, 2.05) is 30.3 Å². The lowest BCUT2D eigenvalue weighted by Crippen LogP contribution is -2.42. The number of carbonyl (C=O) groups is 1. The van der Waals surface area contributed by atoms with E-state index in [0.717, 1.165) is 5.75 Å². The Balaban J connectivity index is 1.35. The monoisotopic (exact) mass is 379 g/mol. The number of fused-ring (bicyclic) bond motifs is 2. The summed E-state index contributed by atoms with van der Waals surface area (Å²) in [7, 11) is 1.73. The lowest BCUT2D eigenvalue weighted by molar-refractivity contribution is -0.131. The van der Waals surface area contributed by atoms with Crippen molar-refractivity contribution in [2.24, 2.45) is 0 Å². The molecule has 0 radical (unpaired) electrons. The van der Waals surface area contributed by atoms with Crippen LogP contribution in [-0.2, 0) is 11.3 Å². The third-order valence-electron chi connectivity index (χ3n) is 4.77.